The summed E-state index contributed by atoms with van der Waals surface area (Å²) in [7, 11) is 0. The van der Waals surface area contributed by atoms with Crippen LogP contribution in [0.4, 0.5) is 0 Å². The molecular formula is C15H17N3S. The van der Waals surface area contributed by atoms with E-state index in [0.717, 1.165) is 36.5 Å². The highest BCUT2D eigenvalue weighted by Gasteiger charge is 2.18. The third kappa shape index (κ3) is 2.74. The predicted octanol–water partition coefficient (Wildman–Crippen LogP) is 3.01. The number of hydrogen-bond acceptors (Lipinski definition) is 3. The van der Waals surface area contributed by atoms with Gasteiger partial charge in [0.15, 0.2) is 0 Å². The summed E-state index contributed by atoms with van der Waals surface area (Å²) < 4.78 is 0.754. The van der Waals surface area contributed by atoms with Crippen LogP contribution in [0.5, 0.6) is 0 Å². The van der Waals surface area contributed by atoms with Crippen LogP contribution in [-0.2, 0) is 19.5 Å². The molecule has 0 aliphatic carbocycles. The molecule has 2 heterocycles. The summed E-state index contributed by atoms with van der Waals surface area (Å²) in [6, 6.07) is 10.6. The highest BCUT2D eigenvalue weighted by atomic mass is 32.1. The highest BCUT2D eigenvalue weighted by Crippen LogP contribution is 2.19. The van der Waals surface area contributed by atoms with E-state index < -0.39 is 0 Å². The van der Waals surface area contributed by atoms with Crippen LogP contribution in [0.15, 0.2) is 30.3 Å². The minimum atomic E-state index is 0.754. The summed E-state index contributed by atoms with van der Waals surface area (Å²) >= 11 is 5.39. The first kappa shape index (κ1) is 12.5. The first-order valence-electron chi connectivity index (χ1n) is 6.57. The maximum absolute atomic E-state index is 5.39. The zero-order valence-electron chi connectivity index (χ0n) is 11.0. The molecule has 1 aliphatic heterocycles. The Bertz CT molecular complexity index is 634. The number of aryl methyl sites for hydroxylation is 1. The first-order valence-corrected chi connectivity index (χ1v) is 6.98. The molecule has 0 saturated carbocycles. The Hall–Kier alpha value is -1.52. The number of H-pyrrole nitrogens is 1. The number of benzene rings is 1. The van der Waals surface area contributed by atoms with E-state index in [9.17, 15) is 0 Å². The van der Waals surface area contributed by atoms with E-state index in [1.165, 1.54) is 16.8 Å². The summed E-state index contributed by atoms with van der Waals surface area (Å²) in [5.74, 6) is 0.917. The molecule has 0 bridgehead atoms. The van der Waals surface area contributed by atoms with Gasteiger partial charge in [0.2, 0.25) is 0 Å². The maximum atomic E-state index is 5.39. The van der Waals surface area contributed by atoms with Crippen molar-refractivity contribution in [3.63, 3.8) is 0 Å². The fourth-order valence-corrected chi connectivity index (χ4v) is 2.92. The number of aromatic amines is 1. The number of nitrogens with zero attached hydrogens (tertiary/aromatic N) is 2. The lowest BCUT2D eigenvalue weighted by Crippen LogP contribution is -2.31. The van der Waals surface area contributed by atoms with Gasteiger partial charge in [0.25, 0.3) is 0 Å². The lowest BCUT2D eigenvalue weighted by Gasteiger charge is -2.28. The van der Waals surface area contributed by atoms with Gasteiger partial charge in [-0.3, -0.25) is 4.90 Å². The van der Waals surface area contributed by atoms with Crippen LogP contribution in [0.2, 0.25) is 0 Å². The van der Waals surface area contributed by atoms with E-state index in [1.54, 1.807) is 0 Å². The minimum absolute atomic E-state index is 0.754. The van der Waals surface area contributed by atoms with Crippen molar-refractivity contribution >= 4 is 12.2 Å². The van der Waals surface area contributed by atoms with Gasteiger partial charge in [0.05, 0.1) is 0 Å². The van der Waals surface area contributed by atoms with E-state index in [2.05, 4.69) is 45.2 Å². The van der Waals surface area contributed by atoms with Crippen LogP contribution in [0, 0.1) is 11.6 Å². The molecule has 2 aromatic rings. The van der Waals surface area contributed by atoms with Crippen LogP contribution in [0.25, 0.3) is 0 Å². The largest absolute Gasteiger partial charge is 0.347 e. The normalized spacial score (nSPS) is 15.2. The molecule has 19 heavy (non-hydrogen) atoms. The summed E-state index contributed by atoms with van der Waals surface area (Å²) in [5.41, 5.74) is 3.81. The smallest absolute Gasteiger partial charge is 0.134 e. The molecule has 98 valence electrons. The molecule has 1 aromatic heterocycles. The number of aromatic nitrogens is 2. The van der Waals surface area contributed by atoms with Crippen molar-refractivity contribution in [3.05, 3.63) is 57.6 Å². The zero-order valence-corrected chi connectivity index (χ0v) is 11.8. The lowest BCUT2D eigenvalue weighted by molar-refractivity contribution is 0.242. The van der Waals surface area contributed by atoms with Crippen LogP contribution in [0.3, 0.4) is 0 Å². The molecule has 0 atom stereocenters. The van der Waals surface area contributed by atoms with Crippen molar-refractivity contribution in [1.82, 2.24) is 14.9 Å². The van der Waals surface area contributed by atoms with Crippen LogP contribution < -0.4 is 0 Å². The van der Waals surface area contributed by atoms with E-state index in [0.29, 0.717) is 0 Å². The van der Waals surface area contributed by atoms with Crippen LogP contribution in [-0.4, -0.2) is 21.4 Å². The van der Waals surface area contributed by atoms with Crippen LogP contribution in [0.1, 0.15) is 22.6 Å². The van der Waals surface area contributed by atoms with Gasteiger partial charge in [-0.1, -0.05) is 42.5 Å². The van der Waals surface area contributed by atoms with Gasteiger partial charge >= 0.3 is 0 Å². The van der Waals surface area contributed by atoms with E-state index in [-0.39, 0.29) is 0 Å². The maximum Gasteiger partial charge on any atom is 0.134 e. The molecule has 1 N–H and O–H groups in total. The SMILES string of the molecule is Cc1nc(=S)c2c([nH]1)CCN(Cc1ccccc1)C2. The Morgan fingerprint density at radius 3 is 2.89 bits per heavy atom. The van der Waals surface area contributed by atoms with Gasteiger partial charge < -0.3 is 4.98 Å². The van der Waals surface area contributed by atoms with E-state index in [1.807, 2.05) is 6.92 Å². The van der Waals surface area contributed by atoms with Gasteiger partial charge in [0.1, 0.15) is 10.5 Å². The molecule has 0 amide bonds. The second-order valence-corrected chi connectivity index (χ2v) is 5.42. The molecule has 0 radical (unpaired) electrons. The van der Waals surface area contributed by atoms with Crippen molar-refractivity contribution in [2.75, 3.05) is 6.54 Å². The number of fused-ring (bicyclic) bond motifs is 1. The average molecular weight is 271 g/mol. The van der Waals surface area contributed by atoms with Crippen molar-refractivity contribution in [2.24, 2.45) is 0 Å². The second-order valence-electron chi connectivity index (χ2n) is 5.03. The summed E-state index contributed by atoms with van der Waals surface area (Å²) in [4.78, 5) is 10.1. The number of hydrogen-bond donors (Lipinski definition) is 1. The molecule has 1 aliphatic rings. The molecular weight excluding hydrogens is 254 g/mol. The van der Waals surface area contributed by atoms with Gasteiger partial charge in [-0.15, -0.1) is 0 Å². The number of nitrogens with one attached hydrogen (secondary N) is 1. The predicted molar refractivity (Wildman–Crippen MR) is 78.4 cm³/mol. The molecule has 0 fully saturated rings. The van der Waals surface area contributed by atoms with Crippen molar-refractivity contribution < 1.29 is 0 Å². The Balaban J connectivity index is 1.81. The van der Waals surface area contributed by atoms with Crippen molar-refractivity contribution in [2.45, 2.75) is 26.4 Å². The minimum Gasteiger partial charge on any atom is -0.347 e. The van der Waals surface area contributed by atoms with Gasteiger partial charge in [-0.25, -0.2) is 4.98 Å². The molecule has 1 aromatic carbocycles. The molecule has 0 saturated heterocycles. The van der Waals surface area contributed by atoms with Crippen LogP contribution >= 0.6 is 12.2 Å². The Kier molecular flexibility index (Phi) is 3.44. The molecule has 4 heteroatoms. The standard InChI is InChI=1S/C15H17N3S/c1-11-16-14-7-8-18(10-13(14)15(19)17-11)9-12-5-3-2-4-6-12/h2-6H,7-10H2,1H3,(H,16,17,19). The second kappa shape index (κ2) is 5.23. The molecule has 0 spiro atoms. The monoisotopic (exact) mass is 271 g/mol. The summed E-state index contributed by atoms with van der Waals surface area (Å²) in [5, 5.41) is 0. The van der Waals surface area contributed by atoms with Gasteiger partial charge in [-0.2, -0.15) is 0 Å². The first-order chi connectivity index (χ1) is 9.22. The topological polar surface area (TPSA) is 31.9 Å². The quantitative estimate of drug-likeness (QED) is 0.852. The Morgan fingerprint density at radius 1 is 1.32 bits per heavy atom. The molecule has 3 rings (SSSR count). The highest BCUT2D eigenvalue weighted by molar-refractivity contribution is 7.71. The van der Waals surface area contributed by atoms with Crippen molar-refractivity contribution in [1.29, 1.82) is 0 Å². The van der Waals surface area contributed by atoms with E-state index >= 15 is 0 Å². The third-order valence-corrected chi connectivity index (χ3v) is 3.87. The zero-order chi connectivity index (χ0) is 13.2. The fourth-order valence-electron chi connectivity index (χ4n) is 2.60. The Labute approximate surface area is 118 Å². The number of rotatable bonds is 2. The molecule has 3 nitrogen and oxygen atoms in total. The van der Waals surface area contributed by atoms with Crippen molar-refractivity contribution in [3.8, 4) is 0 Å². The average Bonchev–Trinajstić information content (AvgIpc) is 2.40. The Morgan fingerprint density at radius 2 is 2.11 bits per heavy atom. The molecule has 0 unspecified atom stereocenters. The van der Waals surface area contributed by atoms with Gasteiger partial charge in [-0.05, 0) is 12.5 Å². The lowest BCUT2D eigenvalue weighted by atomic mass is 10.1. The van der Waals surface area contributed by atoms with E-state index in [4.69, 9.17) is 12.2 Å². The summed E-state index contributed by atoms with van der Waals surface area (Å²) in [6.45, 7) is 4.90. The third-order valence-electron chi connectivity index (χ3n) is 3.53. The fraction of sp³-hybridized carbons (Fsp3) is 0.333. The van der Waals surface area contributed by atoms with Gasteiger partial charge in [0, 0.05) is 37.3 Å². The summed E-state index contributed by atoms with van der Waals surface area (Å²) in [6.07, 6.45) is 1.02.